The molecule has 0 aromatic carbocycles. The SMILES string of the molecule is Cn1ncc(Br)c1C(CC1CCCO1)NN. The minimum Gasteiger partial charge on any atom is -0.378 e. The van der Waals surface area contributed by atoms with Crippen LogP contribution >= 0.6 is 15.9 Å². The summed E-state index contributed by atoms with van der Waals surface area (Å²) in [4.78, 5) is 0. The quantitative estimate of drug-likeness (QED) is 0.647. The highest BCUT2D eigenvalue weighted by molar-refractivity contribution is 9.10. The molecule has 0 spiro atoms. The average molecular weight is 289 g/mol. The Hall–Kier alpha value is -0.430. The largest absolute Gasteiger partial charge is 0.378 e. The highest BCUT2D eigenvalue weighted by Crippen LogP contribution is 2.28. The van der Waals surface area contributed by atoms with E-state index in [1.54, 1.807) is 6.20 Å². The number of nitrogens with zero attached hydrogens (tertiary/aromatic N) is 2. The Balaban J connectivity index is 2.09. The molecule has 1 saturated heterocycles. The number of ether oxygens (including phenoxy) is 1. The first-order chi connectivity index (χ1) is 7.72. The number of aromatic nitrogens is 2. The summed E-state index contributed by atoms with van der Waals surface area (Å²) in [5.41, 5.74) is 3.91. The van der Waals surface area contributed by atoms with E-state index in [2.05, 4.69) is 26.5 Å². The Morgan fingerprint density at radius 2 is 2.62 bits per heavy atom. The van der Waals surface area contributed by atoms with Crippen LogP contribution in [0.5, 0.6) is 0 Å². The number of nitrogens with one attached hydrogen (secondary N) is 1. The van der Waals surface area contributed by atoms with Gasteiger partial charge in [0.2, 0.25) is 0 Å². The fourth-order valence-corrected chi connectivity index (χ4v) is 2.79. The molecule has 3 N–H and O–H groups in total. The van der Waals surface area contributed by atoms with Gasteiger partial charge in [-0.15, -0.1) is 0 Å². The summed E-state index contributed by atoms with van der Waals surface area (Å²) < 4.78 is 8.44. The van der Waals surface area contributed by atoms with Gasteiger partial charge in [-0.25, -0.2) is 0 Å². The zero-order valence-electron chi connectivity index (χ0n) is 9.32. The fourth-order valence-electron chi connectivity index (χ4n) is 2.16. The molecule has 2 atom stereocenters. The van der Waals surface area contributed by atoms with Crippen molar-refractivity contribution in [1.82, 2.24) is 15.2 Å². The van der Waals surface area contributed by atoms with Crippen LogP contribution < -0.4 is 11.3 Å². The fraction of sp³-hybridized carbons (Fsp3) is 0.700. The van der Waals surface area contributed by atoms with Gasteiger partial charge in [-0.05, 0) is 35.2 Å². The smallest absolute Gasteiger partial charge is 0.0706 e. The first-order valence-corrected chi connectivity index (χ1v) is 6.26. The predicted octanol–water partition coefficient (Wildman–Crippen LogP) is 1.26. The van der Waals surface area contributed by atoms with Gasteiger partial charge in [0, 0.05) is 13.7 Å². The van der Waals surface area contributed by atoms with Gasteiger partial charge in [-0.3, -0.25) is 16.0 Å². The van der Waals surface area contributed by atoms with Crippen molar-refractivity contribution in [3.8, 4) is 0 Å². The Morgan fingerprint density at radius 3 is 3.12 bits per heavy atom. The molecule has 2 unspecified atom stereocenters. The molecule has 0 saturated carbocycles. The third-order valence-electron chi connectivity index (χ3n) is 2.99. The third-order valence-corrected chi connectivity index (χ3v) is 3.60. The van der Waals surface area contributed by atoms with Gasteiger partial charge >= 0.3 is 0 Å². The predicted molar refractivity (Wildman–Crippen MR) is 64.6 cm³/mol. The number of aryl methyl sites for hydroxylation is 1. The molecule has 5 nitrogen and oxygen atoms in total. The Morgan fingerprint density at radius 1 is 1.81 bits per heavy atom. The van der Waals surface area contributed by atoms with Gasteiger partial charge in [0.1, 0.15) is 0 Å². The normalized spacial score (nSPS) is 22.6. The number of hydrogen-bond donors (Lipinski definition) is 2. The summed E-state index contributed by atoms with van der Waals surface area (Å²) in [7, 11) is 1.92. The molecule has 6 heteroatoms. The van der Waals surface area contributed by atoms with Gasteiger partial charge in [0.25, 0.3) is 0 Å². The highest BCUT2D eigenvalue weighted by atomic mass is 79.9. The van der Waals surface area contributed by atoms with Crippen molar-refractivity contribution in [2.45, 2.75) is 31.4 Å². The van der Waals surface area contributed by atoms with Crippen LogP contribution in [-0.4, -0.2) is 22.5 Å². The zero-order chi connectivity index (χ0) is 11.5. The maximum Gasteiger partial charge on any atom is 0.0706 e. The summed E-state index contributed by atoms with van der Waals surface area (Å²) in [6.45, 7) is 0.870. The van der Waals surface area contributed by atoms with Gasteiger partial charge in [0.05, 0.1) is 28.5 Å². The van der Waals surface area contributed by atoms with Gasteiger partial charge < -0.3 is 4.74 Å². The average Bonchev–Trinajstić information content (AvgIpc) is 2.87. The van der Waals surface area contributed by atoms with Crippen molar-refractivity contribution in [2.24, 2.45) is 12.9 Å². The van der Waals surface area contributed by atoms with Crippen LogP contribution in [0.3, 0.4) is 0 Å². The number of rotatable bonds is 4. The summed E-state index contributed by atoms with van der Waals surface area (Å²) >= 11 is 3.49. The van der Waals surface area contributed by atoms with Crippen molar-refractivity contribution in [3.05, 3.63) is 16.4 Å². The summed E-state index contributed by atoms with van der Waals surface area (Å²) in [5, 5.41) is 4.19. The molecule has 0 bridgehead atoms. The minimum absolute atomic E-state index is 0.0741. The highest BCUT2D eigenvalue weighted by Gasteiger charge is 2.24. The summed E-state index contributed by atoms with van der Waals surface area (Å²) in [6.07, 6.45) is 5.24. The minimum atomic E-state index is 0.0741. The maximum absolute atomic E-state index is 5.62. The van der Waals surface area contributed by atoms with E-state index in [0.717, 1.165) is 36.0 Å². The van der Waals surface area contributed by atoms with Crippen LogP contribution in [0.15, 0.2) is 10.7 Å². The van der Waals surface area contributed by atoms with Crippen molar-refractivity contribution in [1.29, 1.82) is 0 Å². The first kappa shape index (κ1) is 12.0. The van der Waals surface area contributed by atoms with Gasteiger partial charge in [-0.1, -0.05) is 0 Å². The van der Waals surface area contributed by atoms with E-state index < -0.39 is 0 Å². The third kappa shape index (κ3) is 2.45. The van der Waals surface area contributed by atoms with Crippen molar-refractivity contribution >= 4 is 15.9 Å². The summed E-state index contributed by atoms with van der Waals surface area (Å²) in [5.74, 6) is 5.61. The second kappa shape index (κ2) is 5.27. The van der Waals surface area contributed by atoms with Crippen LogP contribution in [0.2, 0.25) is 0 Å². The molecule has 1 aliphatic rings. The van der Waals surface area contributed by atoms with Gasteiger partial charge in [0.15, 0.2) is 0 Å². The molecule has 0 radical (unpaired) electrons. The molecule has 1 fully saturated rings. The lowest BCUT2D eigenvalue weighted by Gasteiger charge is -2.20. The molecular weight excluding hydrogens is 272 g/mol. The van der Waals surface area contributed by atoms with Crippen molar-refractivity contribution < 1.29 is 4.74 Å². The van der Waals surface area contributed by atoms with E-state index in [9.17, 15) is 0 Å². The maximum atomic E-state index is 5.62. The lowest BCUT2D eigenvalue weighted by molar-refractivity contribution is 0.0936. The molecule has 1 aromatic rings. The first-order valence-electron chi connectivity index (χ1n) is 5.47. The lowest BCUT2D eigenvalue weighted by atomic mass is 10.0. The number of hydrazine groups is 1. The molecule has 2 heterocycles. The topological polar surface area (TPSA) is 65.1 Å². The van der Waals surface area contributed by atoms with Crippen LogP contribution in [0, 0.1) is 0 Å². The molecule has 1 aromatic heterocycles. The second-order valence-electron chi connectivity index (χ2n) is 4.09. The van der Waals surface area contributed by atoms with E-state index in [1.165, 1.54) is 0 Å². The molecule has 90 valence electrons. The Bertz CT molecular complexity index is 329. The van der Waals surface area contributed by atoms with E-state index in [4.69, 9.17) is 10.6 Å². The molecule has 2 rings (SSSR count). The molecule has 0 amide bonds. The van der Waals surface area contributed by atoms with Crippen molar-refractivity contribution in [2.75, 3.05) is 6.61 Å². The van der Waals surface area contributed by atoms with E-state index in [-0.39, 0.29) is 6.04 Å². The van der Waals surface area contributed by atoms with E-state index >= 15 is 0 Å². The second-order valence-corrected chi connectivity index (χ2v) is 4.95. The zero-order valence-corrected chi connectivity index (χ0v) is 10.9. The van der Waals surface area contributed by atoms with E-state index in [1.807, 2.05) is 11.7 Å². The number of halogens is 1. The summed E-state index contributed by atoms with van der Waals surface area (Å²) in [6, 6.07) is 0.0741. The molecule has 0 aliphatic carbocycles. The Kier molecular flexibility index (Phi) is 3.96. The lowest BCUT2D eigenvalue weighted by Crippen LogP contribution is -2.32. The Labute approximate surface area is 103 Å². The number of hydrogen-bond acceptors (Lipinski definition) is 4. The van der Waals surface area contributed by atoms with Crippen LogP contribution in [-0.2, 0) is 11.8 Å². The molecule has 1 aliphatic heterocycles. The van der Waals surface area contributed by atoms with E-state index in [0.29, 0.717) is 6.10 Å². The van der Waals surface area contributed by atoms with Crippen molar-refractivity contribution in [3.63, 3.8) is 0 Å². The number of nitrogens with two attached hydrogens (primary N) is 1. The van der Waals surface area contributed by atoms with Crippen LogP contribution in [0.1, 0.15) is 31.0 Å². The molecule has 16 heavy (non-hydrogen) atoms. The van der Waals surface area contributed by atoms with Crippen LogP contribution in [0.25, 0.3) is 0 Å². The van der Waals surface area contributed by atoms with Gasteiger partial charge in [-0.2, -0.15) is 5.10 Å². The van der Waals surface area contributed by atoms with Crippen LogP contribution in [0.4, 0.5) is 0 Å². The molecular formula is C10H17BrN4O. The standard InChI is InChI=1S/C10H17BrN4O/c1-15-10(8(11)6-13-15)9(14-12)5-7-3-2-4-16-7/h6-7,9,14H,2-5,12H2,1H3. The monoisotopic (exact) mass is 288 g/mol.